The molecule has 2 aromatic heterocycles. The highest BCUT2D eigenvalue weighted by atomic mass is 35.5. The molecule has 3 rings (SSSR count). The Kier molecular flexibility index (Phi) is 5.82. The summed E-state index contributed by atoms with van der Waals surface area (Å²) in [7, 11) is -4.71. The first kappa shape index (κ1) is 20.2. The quantitative estimate of drug-likeness (QED) is 0.541. The summed E-state index contributed by atoms with van der Waals surface area (Å²) in [6, 6.07) is 5.87. The van der Waals surface area contributed by atoms with E-state index in [1.54, 1.807) is 11.4 Å². The number of anilines is 1. The van der Waals surface area contributed by atoms with Crippen molar-refractivity contribution in [2.24, 2.45) is 0 Å². The van der Waals surface area contributed by atoms with Gasteiger partial charge in [-0.15, -0.1) is 22.7 Å². The maximum Gasteiger partial charge on any atom is 0.341 e. The fourth-order valence-electron chi connectivity index (χ4n) is 2.04. The lowest BCUT2D eigenvalue weighted by atomic mass is 10.2. The standard InChI is InChI=1S/C15H8Cl2F2N2O3S3/c16-11-5-9(12(17)26-11)10-6-25-15(20-10)21-13(22)7-1-3-8(4-2-7)27(23,24)14(18)19/h1-6,14H,(H,20,21,22). The molecule has 12 heteroatoms. The molecule has 0 saturated heterocycles. The van der Waals surface area contributed by atoms with E-state index in [1.807, 2.05) is 0 Å². The molecule has 0 aliphatic carbocycles. The van der Waals surface area contributed by atoms with Gasteiger partial charge in [-0.05, 0) is 30.3 Å². The third-order valence-corrected chi connectivity index (χ3v) is 6.98. The summed E-state index contributed by atoms with van der Waals surface area (Å²) in [5, 5.41) is 4.54. The number of nitrogens with zero attached hydrogens (tertiary/aromatic N) is 1. The van der Waals surface area contributed by atoms with Gasteiger partial charge in [-0.1, -0.05) is 23.2 Å². The molecule has 0 aliphatic rings. The number of carbonyl (C=O) groups is 1. The average molecular weight is 469 g/mol. The van der Waals surface area contributed by atoms with Crippen molar-refractivity contribution in [1.82, 2.24) is 4.98 Å². The Morgan fingerprint density at radius 2 is 1.85 bits per heavy atom. The number of hydrogen-bond donors (Lipinski definition) is 1. The molecule has 27 heavy (non-hydrogen) atoms. The first-order valence-corrected chi connectivity index (χ1v) is 11.0. The van der Waals surface area contributed by atoms with E-state index in [0.717, 1.165) is 35.6 Å². The third-order valence-electron chi connectivity index (χ3n) is 3.34. The molecule has 0 bridgehead atoms. The lowest BCUT2D eigenvalue weighted by molar-refractivity contribution is 0.102. The normalized spacial score (nSPS) is 11.7. The second-order valence-electron chi connectivity index (χ2n) is 5.06. The fraction of sp³-hybridized carbons (Fsp3) is 0.0667. The van der Waals surface area contributed by atoms with Crippen LogP contribution in [0.5, 0.6) is 0 Å². The second-order valence-corrected chi connectivity index (χ2v) is 10.1. The van der Waals surface area contributed by atoms with Gasteiger partial charge in [0.15, 0.2) is 5.13 Å². The summed E-state index contributed by atoms with van der Waals surface area (Å²) in [4.78, 5) is 15.9. The maximum atomic E-state index is 12.5. The number of thiophene rings is 1. The number of aromatic nitrogens is 1. The van der Waals surface area contributed by atoms with Crippen LogP contribution in [0.1, 0.15) is 10.4 Å². The number of carbonyl (C=O) groups excluding carboxylic acids is 1. The van der Waals surface area contributed by atoms with E-state index in [1.165, 1.54) is 11.3 Å². The monoisotopic (exact) mass is 468 g/mol. The minimum Gasteiger partial charge on any atom is -0.298 e. The van der Waals surface area contributed by atoms with Crippen molar-refractivity contribution in [1.29, 1.82) is 0 Å². The Hall–Kier alpha value is -1.59. The lowest BCUT2D eigenvalue weighted by Gasteiger charge is -2.05. The Bertz CT molecular complexity index is 1100. The van der Waals surface area contributed by atoms with E-state index in [0.29, 0.717) is 19.9 Å². The van der Waals surface area contributed by atoms with Crippen molar-refractivity contribution >= 4 is 66.8 Å². The predicted octanol–water partition coefficient (Wildman–Crippen LogP) is 5.43. The van der Waals surface area contributed by atoms with Gasteiger partial charge in [0, 0.05) is 16.5 Å². The van der Waals surface area contributed by atoms with Crippen LogP contribution in [0.25, 0.3) is 11.3 Å². The van der Waals surface area contributed by atoms with Crippen molar-refractivity contribution < 1.29 is 22.0 Å². The van der Waals surface area contributed by atoms with Gasteiger partial charge >= 0.3 is 5.76 Å². The van der Waals surface area contributed by atoms with Crippen LogP contribution in [0.2, 0.25) is 8.67 Å². The van der Waals surface area contributed by atoms with Crippen molar-refractivity contribution in [3.63, 3.8) is 0 Å². The number of nitrogens with one attached hydrogen (secondary N) is 1. The Balaban J connectivity index is 1.76. The molecule has 0 fully saturated rings. The van der Waals surface area contributed by atoms with E-state index in [9.17, 15) is 22.0 Å². The van der Waals surface area contributed by atoms with E-state index >= 15 is 0 Å². The molecule has 0 unspecified atom stereocenters. The smallest absolute Gasteiger partial charge is 0.298 e. The average Bonchev–Trinajstić information content (AvgIpc) is 3.20. The Morgan fingerprint density at radius 3 is 2.41 bits per heavy atom. The number of amides is 1. The summed E-state index contributed by atoms with van der Waals surface area (Å²) in [5.74, 6) is -4.09. The maximum absolute atomic E-state index is 12.5. The molecule has 2 heterocycles. The zero-order chi connectivity index (χ0) is 19.8. The summed E-state index contributed by atoms with van der Waals surface area (Å²) in [6.07, 6.45) is 0. The zero-order valence-electron chi connectivity index (χ0n) is 13.0. The summed E-state index contributed by atoms with van der Waals surface area (Å²) in [6.45, 7) is 0. The Labute approximate surface area is 170 Å². The van der Waals surface area contributed by atoms with Crippen molar-refractivity contribution in [3.8, 4) is 11.3 Å². The van der Waals surface area contributed by atoms with Gasteiger partial charge in [-0.2, -0.15) is 8.78 Å². The van der Waals surface area contributed by atoms with Gasteiger partial charge in [-0.3, -0.25) is 10.1 Å². The van der Waals surface area contributed by atoms with E-state index in [4.69, 9.17) is 23.2 Å². The SMILES string of the molecule is O=C(Nc1nc(-c2cc(Cl)sc2Cl)cs1)c1ccc(S(=O)(=O)C(F)F)cc1. The number of alkyl halides is 2. The van der Waals surface area contributed by atoms with Crippen LogP contribution in [0.15, 0.2) is 40.6 Å². The van der Waals surface area contributed by atoms with Crippen LogP contribution in [-0.2, 0) is 9.84 Å². The molecule has 0 atom stereocenters. The number of sulfone groups is 1. The molecule has 0 aliphatic heterocycles. The third kappa shape index (κ3) is 4.30. The molecule has 142 valence electrons. The molecule has 3 aromatic rings. The topological polar surface area (TPSA) is 76.1 Å². The second kappa shape index (κ2) is 7.80. The zero-order valence-corrected chi connectivity index (χ0v) is 16.9. The first-order chi connectivity index (χ1) is 12.7. The molecule has 1 aromatic carbocycles. The van der Waals surface area contributed by atoms with Crippen LogP contribution in [0.3, 0.4) is 0 Å². The van der Waals surface area contributed by atoms with Crippen molar-refractivity contribution in [2.45, 2.75) is 10.7 Å². The summed E-state index contributed by atoms with van der Waals surface area (Å²) >= 11 is 14.3. The number of halogens is 4. The molecule has 0 saturated carbocycles. The number of thiazole rings is 1. The van der Waals surface area contributed by atoms with Gasteiger partial charge in [0.25, 0.3) is 5.91 Å². The minimum absolute atomic E-state index is 0.0941. The largest absolute Gasteiger partial charge is 0.341 e. The van der Waals surface area contributed by atoms with Gasteiger partial charge < -0.3 is 0 Å². The van der Waals surface area contributed by atoms with Crippen LogP contribution in [0.4, 0.5) is 13.9 Å². The van der Waals surface area contributed by atoms with Crippen molar-refractivity contribution in [2.75, 3.05) is 5.32 Å². The van der Waals surface area contributed by atoms with Crippen molar-refractivity contribution in [3.05, 3.63) is 49.9 Å². The molecule has 1 N–H and O–H groups in total. The van der Waals surface area contributed by atoms with Gasteiger partial charge in [0.1, 0.15) is 4.34 Å². The number of rotatable bonds is 5. The molecule has 5 nitrogen and oxygen atoms in total. The highest BCUT2D eigenvalue weighted by Gasteiger charge is 2.26. The van der Waals surface area contributed by atoms with Crippen LogP contribution in [0, 0.1) is 0 Å². The molecular weight excluding hydrogens is 461 g/mol. The highest BCUT2D eigenvalue weighted by Crippen LogP contribution is 2.39. The molecule has 0 radical (unpaired) electrons. The van der Waals surface area contributed by atoms with Gasteiger partial charge in [0.2, 0.25) is 9.84 Å². The van der Waals surface area contributed by atoms with Gasteiger partial charge in [-0.25, -0.2) is 13.4 Å². The van der Waals surface area contributed by atoms with Gasteiger partial charge in [0.05, 0.1) is 14.9 Å². The minimum atomic E-state index is -4.71. The molecular formula is C15H8Cl2F2N2O3S3. The number of benzene rings is 1. The predicted molar refractivity (Wildman–Crippen MR) is 103 cm³/mol. The molecule has 0 spiro atoms. The van der Waals surface area contributed by atoms with Crippen LogP contribution < -0.4 is 5.32 Å². The van der Waals surface area contributed by atoms with E-state index in [-0.39, 0.29) is 10.7 Å². The van der Waals surface area contributed by atoms with Crippen LogP contribution in [-0.4, -0.2) is 25.1 Å². The molecule has 1 amide bonds. The fourth-order valence-corrected chi connectivity index (χ4v) is 4.95. The summed E-state index contributed by atoms with van der Waals surface area (Å²) < 4.78 is 48.8. The Morgan fingerprint density at radius 1 is 1.19 bits per heavy atom. The van der Waals surface area contributed by atoms with E-state index in [2.05, 4.69) is 10.3 Å². The highest BCUT2D eigenvalue weighted by molar-refractivity contribution is 7.91. The lowest BCUT2D eigenvalue weighted by Crippen LogP contribution is -2.14. The number of hydrogen-bond acceptors (Lipinski definition) is 6. The summed E-state index contributed by atoms with van der Waals surface area (Å²) in [5.41, 5.74) is 1.28. The van der Waals surface area contributed by atoms with Crippen LogP contribution >= 0.6 is 45.9 Å². The van der Waals surface area contributed by atoms with E-state index < -0.39 is 26.4 Å². The first-order valence-electron chi connectivity index (χ1n) is 7.02.